The first kappa shape index (κ1) is 15.5. The van der Waals surface area contributed by atoms with Gasteiger partial charge in [-0.25, -0.2) is 0 Å². The van der Waals surface area contributed by atoms with E-state index in [2.05, 4.69) is 42.1 Å². The fourth-order valence-corrected chi connectivity index (χ4v) is 2.77. The van der Waals surface area contributed by atoms with E-state index in [1.54, 1.807) is 0 Å². The number of furan rings is 1. The molecule has 1 N–H and O–H groups in total. The average molecular weight is 279 g/mol. The molecule has 2 heterocycles. The summed E-state index contributed by atoms with van der Waals surface area (Å²) in [6.07, 6.45) is 2.75. The lowest BCUT2D eigenvalue weighted by atomic mass is 10.2. The molecule has 4 nitrogen and oxygen atoms in total. The summed E-state index contributed by atoms with van der Waals surface area (Å²) < 4.78 is 5.80. The first-order valence-electron chi connectivity index (χ1n) is 7.89. The third-order valence-electron chi connectivity index (χ3n) is 4.06. The fourth-order valence-electron chi connectivity index (χ4n) is 2.77. The van der Waals surface area contributed by atoms with Gasteiger partial charge in [-0.15, -0.1) is 0 Å². The highest BCUT2D eigenvalue weighted by Gasteiger charge is 2.13. The molecule has 2 rings (SSSR count). The number of aryl methyl sites for hydroxylation is 1. The number of nitrogens with zero attached hydrogens (tertiary/aromatic N) is 2. The first-order valence-corrected chi connectivity index (χ1v) is 7.89. The van der Waals surface area contributed by atoms with Crippen molar-refractivity contribution in [2.45, 2.75) is 39.8 Å². The Balaban J connectivity index is 1.77. The second kappa shape index (κ2) is 7.81. The van der Waals surface area contributed by atoms with E-state index in [1.165, 1.54) is 38.0 Å². The van der Waals surface area contributed by atoms with Crippen molar-refractivity contribution < 1.29 is 4.42 Å². The van der Waals surface area contributed by atoms with E-state index >= 15 is 0 Å². The lowest BCUT2D eigenvalue weighted by Gasteiger charge is -2.20. The van der Waals surface area contributed by atoms with E-state index in [1.807, 2.05) is 0 Å². The highest BCUT2D eigenvalue weighted by molar-refractivity contribution is 5.20. The van der Waals surface area contributed by atoms with E-state index in [-0.39, 0.29) is 0 Å². The number of hydrogen-bond donors (Lipinski definition) is 1. The average Bonchev–Trinajstić information content (AvgIpc) is 3.05. The molecule has 0 spiro atoms. The van der Waals surface area contributed by atoms with Gasteiger partial charge in [-0.2, -0.15) is 0 Å². The quantitative estimate of drug-likeness (QED) is 0.791. The smallest absolute Gasteiger partial charge is 0.118 e. The van der Waals surface area contributed by atoms with Crippen molar-refractivity contribution in [1.82, 2.24) is 15.1 Å². The van der Waals surface area contributed by atoms with Crippen molar-refractivity contribution >= 4 is 0 Å². The zero-order valence-electron chi connectivity index (χ0n) is 13.2. The van der Waals surface area contributed by atoms with Crippen LogP contribution in [0.3, 0.4) is 0 Å². The zero-order chi connectivity index (χ0) is 14.4. The van der Waals surface area contributed by atoms with Gasteiger partial charge in [-0.3, -0.25) is 0 Å². The Bertz CT molecular complexity index is 396. The van der Waals surface area contributed by atoms with Gasteiger partial charge in [0.15, 0.2) is 0 Å². The molecule has 1 saturated heterocycles. The van der Waals surface area contributed by atoms with Crippen LogP contribution in [-0.4, -0.2) is 49.6 Å². The van der Waals surface area contributed by atoms with Gasteiger partial charge in [0.25, 0.3) is 0 Å². The van der Waals surface area contributed by atoms with Crippen LogP contribution in [0.25, 0.3) is 0 Å². The summed E-state index contributed by atoms with van der Waals surface area (Å²) in [4.78, 5) is 4.96. The van der Waals surface area contributed by atoms with Crippen LogP contribution in [0.2, 0.25) is 0 Å². The Morgan fingerprint density at radius 2 is 2.10 bits per heavy atom. The Kier molecular flexibility index (Phi) is 6.07. The zero-order valence-corrected chi connectivity index (χ0v) is 13.2. The molecule has 1 aromatic rings. The molecule has 0 amide bonds. The van der Waals surface area contributed by atoms with Gasteiger partial charge in [0.05, 0.1) is 6.54 Å². The van der Waals surface area contributed by atoms with Crippen molar-refractivity contribution in [1.29, 1.82) is 0 Å². The molecular weight excluding hydrogens is 250 g/mol. The van der Waals surface area contributed by atoms with Crippen molar-refractivity contribution in [3.05, 3.63) is 23.2 Å². The highest BCUT2D eigenvalue weighted by Crippen LogP contribution is 2.16. The van der Waals surface area contributed by atoms with E-state index < -0.39 is 0 Å². The van der Waals surface area contributed by atoms with Gasteiger partial charge in [0, 0.05) is 25.2 Å². The lowest BCUT2D eigenvalue weighted by molar-refractivity contribution is 0.251. The minimum Gasteiger partial charge on any atom is -0.465 e. The van der Waals surface area contributed by atoms with Gasteiger partial charge in [0.1, 0.15) is 11.5 Å². The highest BCUT2D eigenvalue weighted by atomic mass is 16.3. The van der Waals surface area contributed by atoms with E-state index in [9.17, 15) is 0 Å². The third-order valence-corrected chi connectivity index (χ3v) is 4.06. The second-order valence-corrected chi connectivity index (χ2v) is 5.86. The van der Waals surface area contributed by atoms with E-state index in [0.29, 0.717) is 0 Å². The van der Waals surface area contributed by atoms with E-state index in [4.69, 9.17) is 4.42 Å². The van der Waals surface area contributed by atoms with Gasteiger partial charge in [-0.05, 0) is 52.5 Å². The fraction of sp³-hybridized carbons (Fsp3) is 0.750. The summed E-state index contributed by atoms with van der Waals surface area (Å²) in [6, 6.07) is 2.20. The number of nitrogens with one attached hydrogen (secondary N) is 1. The van der Waals surface area contributed by atoms with Crippen molar-refractivity contribution in [3.63, 3.8) is 0 Å². The first-order chi connectivity index (χ1) is 9.69. The van der Waals surface area contributed by atoms with Crippen LogP contribution in [-0.2, 0) is 13.1 Å². The molecule has 0 aromatic carbocycles. The van der Waals surface area contributed by atoms with Crippen LogP contribution < -0.4 is 5.32 Å². The standard InChI is InChI=1S/C16H29N3O/c1-4-17-12-16-11-15(14(2)20-16)13-18(3)9-10-19-7-5-6-8-19/h11,17H,4-10,12-13H2,1-3H3. The van der Waals surface area contributed by atoms with Crippen molar-refractivity contribution in [2.24, 2.45) is 0 Å². The maximum Gasteiger partial charge on any atom is 0.118 e. The molecule has 1 aliphatic heterocycles. The summed E-state index contributed by atoms with van der Waals surface area (Å²) in [7, 11) is 2.20. The summed E-state index contributed by atoms with van der Waals surface area (Å²) >= 11 is 0. The number of likely N-dealkylation sites (tertiary alicyclic amines) is 1. The Hall–Kier alpha value is -0.840. The Morgan fingerprint density at radius 3 is 2.80 bits per heavy atom. The molecule has 1 aliphatic rings. The van der Waals surface area contributed by atoms with Gasteiger partial charge in [-0.1, -0.05) is 6.92 Å². The predicted octanol–water partition coefficient (Wildman–Crippen LogP) is 2.23. The van der Waals surface area contributed by atoms with Gasteiger partial charge >= 0.3 is 0 Å². The predicted molar refractivity (Wildman–Crippen MR) is 82.8 cm³/mol. The van der Waals surface area contributed by atoms with Gasteiger partial charge < -0.3 is 19.5 Å². The molecule has 114 valence electrons. The van der Waals surface area contributed by atoms with Crippen molar-refractivity contribution in [2.75, 3.05) is 39.8 Å². The molecule has 0 aliphatic carbocycles. The summed E-state index contributed by atoms with van der Waals surface area (Å²) in [5.74, 6) is 2.11. The lowest BCUT2D eigenvalue weighted by Crippen LogP contribution is -2.31. The summed E-state index contributed by atoms with van der Waals surface area (Å²) in [5.41, 5.74) is 1.32. The monoisotopic (exact) mass is 279 g/mol. The molecule has 20 heavy (non-hydrogen) atoms. The van der Waals surface area contributed by atoms with Crippen molar-refractivity contribution in [3.8, 4) is 0 Å². The van der Waals surface area contributed by atoms with Crippen LogP contribution in [0.1, 0.15) is 36.8 Å². The maximum atomic E-state index is 5.80. The topological polar surface area (TPSA) is 31.6 Å². The van der Waals surface area contributed by atoms with Crippen LogP contribution >= 0.6 is 0 Å². The molecule has 1 fully saturated rings. The van der Waals surface area contributed by atoms with Crippen LogP contribution in [0.4, 0.5) is 0 Å². The Labute approximate surface area is 123 Å². The number of hydrogen-bond acceptors (Lipinski definition) is 4. The molecule has 0 bridgehead atoms. The minimum absolute atomic E-state index is 0.828. The van der Waals surface area contributed by atoms with Crippen LogP contribution in [0, 0.1) is 6.92 Å². The molecular formula is C16H29N3O. The van der Waals surface area contributed by atoms with Gasteiger partial charge in [0.2, 0.25) is 0 Å². The molecule has 0 atom stereocenters. The third kappa shape index (κ3) is 4.62. The Morgan fingerprint density at radius 1 is 1.35 bits per heavy atom. The molecule has 1 aromatic heterocycles. The largest absolute Gasteiger partial charge is 0.465 e. The van der Waals surface area contributed by atoms with Crippen LogP contribution in [0.15, 0.2) is 10.5 Å². The normalized spacial score (nSPS) is 16.4. The molecule has 0 saturated carbocycles. The maximum absolute atomic E-state index is 5.80. The minimum atomic E-state index is 0.828. The number of likely N-dealkylation sites (N-methyl/N-ethyl adjacent to an activating group) is 1. The van der Waals surface area contributed by atoms with E-state index in [0.717, 1.165) is 37.7 Å². The molecule has 4 heteroatoms. The molecule has 0 unspecified atom stereocenters. The summed E-state index contributed by atoms with van der Waals surface area (Å²) in [5, 5.41) is 3.31. The summed E-state index contributed by atoms with van der Waals surface area (Å²) in [6.45, 7) is 11.9. The molecule has 0 radical (unpaired) electrons. The SMILES string of the molecule is CCNCc1cc(CN(C)CCN2CCCC2)c(C)o1. The second-order valence-electron chi connectivity index (χ2n) is 5.86. The number of rotatable bonds is 8. The van der Waals surface area contributed by atoms with Crippen LogP contribution in [0.5, 0.6) is 0 Å².